The van der Waals surface area contributed by atoms with Gasteiger partial charge in [-0.15, -0.1) is 0 Å². The van der Waals surface area contributed by atoms with E-state index in [0.29, 0.717) is 77.0 Å². The Balaban J connectivity index is 0.000000292. The van der Waals surface area contributed by atoms with E-state index in [9.17, 15) is 25.5 Å². The highest BCUT2D eigenvalue weighted by Crippen LogP contribution is 2.44. The van der Waals surface area contributed by atoms with Crippen molar-refractivity contribution in [1.82, 2.24) is 19.9 Å². The number of anilines is 1. The maximum absolute atomic E-state index is 15.2. The normalized spacial score (nSPS) is 19.7. The number of aliphatic hydroxyl groups is 4. The second kappa shape index (κ2) is 14.0. The fraction of sp³-hybridized carbons (Fsp3) is 0.432. The molecule has 14 heteroatoms. The van der Waals surface area contributed by atoms with E-state index in [1.165, 1.54) is 11.0 Å². The van der Waals surface area contributed by atoms with E-state index < -0.39 is 18.1 Å². The Hall–Kier alpha value is -4.36. The van der Waals surface area contributed by atoms with Crippen molar-refractivity contribution in [1.29, 1.82) is 0 Å². The van der Waals surface area contributed by atoms with E-state index in [2.05, 4.69) is 33.3 Å². The number of fused-ring (bicyclic) bond motifs is 2. The molecule has 1 aliphatic carbocycles. The lowest BCUT2D eigenvalue weighted by molar-refractivity contribution is -0.207. The molecule has 51 heavy (non-hydrogen) atoms. The van der Waals surface area contributed by atoms with E-state index in [1.807, 2.05) is 20.8 Å². The fourth-order valence-electron chi connectivity index (χ4n) is 6.83. The van der Waals surface area contributed by atoms with Gasteiger partial charge >= 0.3 is 12.5 Å². The first-order chi connectivity index (χ1) is 24.1. The van der Waals surface area contributed by atoms with Crippen LogP contribution < -0.4 is 9.64 Å². The molecule has 1 saturated heterocycles. The number of hydrogen-bond donors (Lipinski definition) is 5. The molecule has 4 aliphatic rings. The number of piperidine rings is 1. The molecule has 8 rings (SSSR count). The lowest BCUT2D eigenvalue weighted by Gasteiger charge is -2.44. The van der Waals surface area contributed by atoms with Crippen LogP contribution in [0.4, 0.5) is 10.2 Å². The number of rotatable bonds is 6. The van der Waals surface area contributed by atoms with Crippen molar-refractivity contribution < 1.29 is 39.4 Å². The molecule has 5 heterocycles. The third-order valence-electron chi connectivity index (χ3n) is 9.82. The Labute approximate surface area is 296 Å². The summed E-state index contributed by atoms with van der Waals surface area (Å²) >= 11 is 0. The summed E-state index contributed by atoms with van der Waals surface area (Å²) in [6, 6.07) is 5.97. The second-order valence-electron chi connectivity index (χ2n) is 13.9. The number of hydrogen-bond acceptors (Lipinski definition) is 12. The van der Waals surface area contributed by atoms with Crippen molar-refractivity contribution in [3.8, 4) is 34.9 Å². The molecule has 12 nitrogen and oxygen atoms in total. The number of nitrogens with zero attached hydrogens (tertiary/aromatic N) is 5. The van der Waals surface area contributed by atoms with E-state index in [-0.39, 0.29) is 34.7 Å². The fourth-order valence-corrected chi connectivity index (χ4v) is 6.83. The molecule has 0 spiro atoms. The molecule has 266 valence electrons. The molecule has 1 saturated carbocycles. The zero-order chi connectivity index (χ0) is 36.8. The Morgan fingerprint density at radius 2 is 1.98 bits per heavy atom. The molecule has 2 aromatic heterocycles. The lowest BCUT2D eigenvalue weighted by Crippen LogP contribution is -2.55. The number of phenols is 1. The topological polar surface area (TPSA) is 165 Å². The van der Waals surface area contributed by atoms with Crippen molar-refractivity contribution in [3.05, 3.63) is 59.6 Å². The lowest BCUT2D eigenvalue weighted by atomic mass is 9.79. The first-order valence-electron chi connectivity index (χ1n) is 16.7. The van der Waals surface area contributed by atoms with Crippen LogP contribution in [-0.2, 0) is 4.74 Å². The Bertz CT molecular complexity index is 2060. The van der Waals surface area contributed by atoms with Crippen LogP contribution in [0.1, 0.15) is 44.2 Å². The zero-order valence-electron chi connectivity index (χ0n) is 29.0. The molecule has 4 bridgehead atoms. The number of methoxy groups -OCH3 is 1. The SMILES string of the molecule is COCCN1c2nc(OC(O)O)nc3c(C)c(ncc23)-c2cc(O)cc3ccc(F)c(c23)C#CC[C@@H]2C[C@H]21.[B]C(O)(O)N1CCC(=C)C(C)(C)C1. The van der Waals surface area contributed by atoms with Crippen LogP contribution in [0, 0.1) is 35.9 Å². The largest absolute Gasteiger partial charge is 0.508 e. The average Bonchev–Trinajstić information content (AvgIpc) is 3.82. The van der Waals surface area contributed by atoms with Gasteiger partial charge in [0.1, 0.15) is 17.4 Å². The summed E-state index contributed by atoms with van der Waals surface area (Å²) in [6.45, 7) is 9.72. The number of halogens is 1. The van der Waals surface area contributed by atoms with Crippen molar-refractivity contribution in [2.75, 3.05) is 38.3 Å². The number of likely N-dealkylation sites (tertiary alicyclic amines) is 1. The number of aromatic nitrogens is 3. The van der Waals surface area contributed by atoms with Gasteiger partial charge in [-0.1, -0.05) is 43.9 Å². The average molecular weight is 698 g/mol. The first-order valence-corrected chi connectivity index (χ1v) is 16.7. The molecule has 2 aromatic carbocycles. The third kappa shape index (κ3) is 7.50. The number of pyridine rings is 1. The van der Waals surface area contributed by atoms with Crippen LogP contribution in [-0.4, -0.2) is 105 Å². The van der Waals surface area contributed by atoms with Gasteiger partial charge < -0.3 is 39.9 Å². The number of aliphatic hydroxyl groups excluding tert-OH is 1. The smallest absolute Gasteiger partial charge is 0.323 e. The number of benzene rings is 2. The monoisotopic (exact) mass is 697 g/mol. The molecule has 4 aromatic rings. The molecule has 5 N–H and O–H groups in total. The molecule has 0 unspecified atom stereocenters. The van der Waals surface area contributed by atoms with Gasteiger partial charge in [0.2, 0.25) is 0 Å². The number of aromatic hydroxyl groups is 1. The van der Waals surface area contributed by atoms with Crippen LogP contribution in [0.15, 0.2) is 42.6 Å². The Kier molecular flexibility index (Phi) is 9.99. The highest BCUT2D eigenvalue weighted by Gasteiger charge is 2.43. The molecular formula is C37H41BFN5O7. The van der Waals surface area contributed by atoms with E-state index >= 15 is 4.39 Å². The molecule has 2 fully saturated rings. The van der Waals surface area contributed by atoms with Crippen molar-refractivity contribution in [2.24, 2.45) is 11.3 Å². The van der Waals surface area contributed by atoms with E-state index in [4.69, 9.17) is 22.3 Å². The maximum atomic E-state index is 15.2. The Morgan fingerprint density at radius 1 is 1.22 bits per heavy atom. The van der Waals surface area contributed by atoms with Gasteiger partial charge in [0.15, 0.2) is 13.7 Å². The molecule has 2 atom stereocenters. The van der Waals surface area contributed by atoms with Gasteiger partial charge in [0.25, 0.3) is 0 Å². The minimum atomic E-state index is -2.20. The summed E-state index contributed by atoms with van der Waals surface area (Å²) in [5.74, 6) is 4.35. The van der Waals surface area contributed by atoms with Crippen molar-refractivity contribution in [3.63, 3.8) is 0 Å². The molecule has 0 amide bonds. The highest BCUT2D eigenvalue weighted by molar-refractivity contribution is 6.12. The molecule has 2 radical (unpaired) electrons. The Morgan fingerprint density at radius 3 is 2.67 bits per heavy atom. The van der Waals surface area contributed by atoms with E-state index in [0.717, 1.165) is 18.4 Å². The van der Waals surface area contributed by atoms with Crippen LogP contribution in [0.3, 0.4) is 0 Å². The third-order valence-corrected chi connectivity index (χ3v) is 9.82. The second-order valence-corrected chi connectivity index (χ2v) is 13.9. The van der Waals surface area contributed by atoms with Crippen LogP contribution in [0.25, 0.3) is 32.9 Å². The quantitative estimate of drug-likeness (QED) is 0.0866. The van der Waals surface area contributed by atoms with Gasteiger partial charge in [-0.2, -0.15) is 9.97 Å². The van der Waals surface area contributed by atoms with Gasteiger partial charge in [0, 0.05) is 61.9 Å². The summed E-state index contributed by atoms with van der Waals surface area (Å²) < 4.78 is 25.6. The minimum absolute atomic E-state index is 0.00259. The predicted octanol–water partition coefficient (Wildman–Crippen LogP) is 3.28. The summed E-state index contributed by atoms with van der Waals surface area (Å²) in [7, 11) is 6.80. The summed E-state index contributed by atoms with van der Waals surface area (Å²) in [5.41, 5.74) is 3.35. The van der Waals surface area contributed by atoms with Crippen molar-refractivity contribution >= 4 is 35.3 Å². The number of ether oxygens (including phenoxy) is 2. The summed E-state index contributed by atoms with van der Waals surface area (Å²) in [4.78, 5) is 17.3. The van der Waals surface area contributed by atoms with Gasteiger partial charge in [-0.3, -0.25) is 9.88 Å². The van der Waals surface area contributed by atoms with Crippen LogP contribution >= 0.6 is 0 Å². The van der Waals surface area contributed by atoms with Crippen molar-refractivity contribution in [2.45, 2.75) is 58.4 Å². The minimum Gasteiger partial charge on any atom is -0.508 e. The summed E-state index contributed by atoms with van der Waals surface area (Å²) in [6.07, 6.45) is 3.81. The van der Waals surface area contributed by atoms with E-state index in [1.54, 1.807) is 31.5 Å². The number of phenolic OH excluding ortho intramolecular Hbond substituents is 1. The summed E-state index contributed by atoms with van der Waals surface area (Å²) in [5, 5.41) is 49.7. The maximum Gasteiger partial charge on any atom is 0.323 e. The standard InChI is InChI=1S/C28H25FN4O5.C9H16BNO2/c1-14-24-19-12-17(34)10-16-6-7-21(29)18(23(16)19)5-3-4-15-11-22(15)33(8-9-37-2)26-20(13-30-24)25(14)31-27(32-26)38-28(35)36;1-7-4-5-11(9(10,12)13)6-8(7,2)3/h6-7,10,12-13,15,22,28,34-36H,4,8-9,11H2,1-2H3;12-13H,1,4-6H2,2-3H3/t15-,22-;/m1./s1. The zero-order valence-corrected chi connectivity index (χ0v) is 29.0. The predicted molar refractivity (Wildman–Crippen MR) is 190 cm³/mol. The molecular weight excluding hydrogens is 656 g/mol. The molecule has 3 aliphatic heterocycles. The van der Waals surface area contributed by atoms with Gasteiger partial charge in [-0.25, -0.2) is 4.39 Å². The first kappa shape index (κ1) is 36.4. The van der Waals surface area contributed by atoms with Gasteiger partial charge in [-0.05, 0) is 54.7 Å². The van der Waals surface area contributed by atoms with Crippen LogP contribution in [0.5, 0.6) is 11.8 Å². The number of aryl methyl sites for hydroxylation is 1. The highest BCUT2D eigenvalue weighted by atomic mass is 19.1. The van der Waals surface area contributed by atoms with Crippen LogP contribution in [0.2, 0.25) is 0 Å². The van der Waals surface area contributed by atoms with Gasteiger partial charge in [0.05, 0.1) is 28.8 Å².